The predicted octanol–water partition coefficient (Wildman–Crippen LogP) is -5.58. The summed E-state index contributed by atoms with van der Waals surface area (Å²) in [6.45, 7) is 1.58. The molecule has 0 spiro atoms. The van der Waals surface area contributed by atoms with Crippen molar-refractivity contribution in [2.24, 2.45) is 5.92 Å². The second-order valence-corrected chi connectivity index (χ2v) is 19.7. The van der Waals surface area contributed by atoms with Crippen molar-refractivity contribution in [2.45, 2.75) is 161 Å². The van der Waals surface area contributed by atoms with E-state index < -0.39 is 183 Å². The number of hydroxylamine groups is 6. The number of nitrogens with zero attached hydrogens (tertiary/aromatic N) is 3. The van der Waals surface area contributed by atoms with Crippen LogP contribution in [0.15, 0.2) is 12.2 Å². The third-order valence-corrected chi connectivity index (χ3v) is 12.3. The number of amides is 13. The van der Waals surface area contributed by atoms with E-state index in [9.17, 15) is 98.1 Å². The van der Waals surface area contributed by atoms with Crippen molar-refractivity contribution in [2.75, 3.05) is 59.1 Å². The molecule has 0 aromatic rings. The molecule has 0 saturated heterocycles. The van der Waals surface area contributed by atoms with E-state index in [0.717, 1.165) is 52.9 Å². The van der Waals surface area contributed by atoms with Gasteiger partial charge in [-0.3, -0.25) is 82.7 Å². The fraction of sp³-hybridized carbons (Fsp3) is 0.686. The zero-order chi connectivity index (χ0) is 64.8. The number of hydrogen-bond acceptors (Lipinski definition) is 20. The van der Waals surface area contributed by atoms with E-state index >= 15 is 0 Å². The molecule has 0 bridgehead atoms. The first-order chi connectivity index (χ1) is 40.0. The highest BCUT2D eigenvalue weighted by atomic mass is 16.5. The number of aliphatic hydroxyl groups excluding tert-OH is 3. The van der Waals surface area contributed by atoms with Crippen LogP contribution >= 0.6 is 0 Å². The number of hydrogen-bond donors (Lipinski definition) is 17. The summed E-state index contributed by atoms with van der Waals surface area (Å²) in [5.74, 6) is -14.6. The molecule has 3 unspecified atom stereocenters. The Morgan fingerprint density at radius 1 is 0.412 bits per heavy atom. The van der Waals surface area contributed by atoms with E-state index in [4.69, 9.17) is 5.11 Å². The molecular formula is C51H87N13O21. The average Bonchev–Trinajstić information content (AvgIpc) is 3.66. The maximum atomic E-state index is 13.7. The molecular weight excluding hydrogens is 1130 g/mol. The minimum Gasteiger partial charge on any atom is -0.480 e. The highest BCUT2D eigenvalue weighted by molar-refractivity contribution is 5.98. The van der Waals surface area contributed by atoms with Gasteiger partial charge in [0, 0.05) is 46.8 Å². The maximum absolute atomic E-state index is 13.7. The standard InChI is InChI=1S/C51H87N13O21/c1-7-8-9-10-11-12-13-20-40(71)56-38(28-66)49(80)57-35(18-15-22-63(84)32(5)69)46(77)52-25-42(73)61-44(30(2)3)51(82)60-39(29-67)50(81)58-36(19-16-23-64(85)33(6)70)48(79)59-37(27-65)47(78)53-24-41(72)55-34(45(76)54-26-43(74)75)17-14-21-62(83)31(4)68/h12-13,30,34-39,44,65-67,83-85H,7-11,14-29H2,1-6H3,(H,52,77)(H,53,78)(H,54,76)(H,55,72)(H,56,71)(H,57,80)(H,58,81)(H,59,79)(H,60,82)(H,61,73)(H,74,75)/b13-12-/t34?,35?,36?,37-,38+,39+,44-/m1/s1. The third-order valence-electron chi connectivity index (χ3n) is 12.3. The lowest BCUT2D eigenvalue weighted by Gasteiger charge is -2.27. The molecule has 0 aliphatic heterocycles. The van der Waals surface area contributed by atoms with Crippen LogP contribution < -0.4 is 53.2 Å². The number of carboxylic acid groups (broad SMARTS) is 1. The minimum absolute atomic E-state index is 0.0644. The number of nitrogens with one attached hydrogen (secondary N) is 10. The summed E-state index contributed by atoms with van der Waals surface area (Å²) < 4.78 is 0. The molecule has 7 atom stereocenters. The Morgan fingerprint density at radius 2 is 0.765 bits per heavy atom. The van der Waals surface area contributed by atoms with E-state index in [1.807, 2.05) is 6.08 Å². The van der Waals surface area contributed by atoms with E-state index in [0.29, 0.717) is 10.1 Å². The first-order valence-electron chi connectivity index (χ1n) is 27.6. The van der Waals surface area contributed by atoms with Gasteiger partial charge in [-0.2, -0.15) is 0 Å². The minimum atomic E-state index is -1.86. The van der Waals surface area contributed by atoms with Gasteiger partial charge in [0.05, 0.1) is 32.9 Å². The van der Waals surface area contributed by atoms with Crippen molar-refractivity contribution in [3.8, 4) is 0 Å². The lowest BCUT2D eigenvalue weighted by Crippen LogP contribution is -2.60. The van der Waals surface area contributed by atoms with Crippen LogP contribution in [0.2, 0.25) is 0 Å². The first kappa shape index (κ1) is 77.1. The predicted molar refractivity (Wildman–Crippen MR) is 294 cm³/mol. The zero-order valence-electron chi connectivity index (χ0n) is 48.8. The molecule has 0 rings (SSSR count). The number of aliphatic carboxylic acids is 1. The smallest absolute Gasteiger partial charge is 0.322 e. The monoisotopic (exact) mass is 1220 g/mol. The SMILES string of the molecule is CCCCCC/C=C\CC(=O)N[C@@H](CO)C(=O)NC(CCCN(O)C(C)=O)C(=O)NCC(=O)N[C@@H](C(=O)N[C@@H](CO)C(=O)NC(CCCN(O)C(C)=O)C(=O)N[C@H](CO)C(=O)NCC(=O)NC(CCCN(O)C(C)=O)C(=O)NCC(=O)O)C(C)C. The molecule has 0 saturated carbocycles. The van der Waals surface area contributed by atoms with Crippen molar-refractivity contribution in [1.29, 1.82) is 0 Å². The van der Waals surface area contributed by atoms with Crippen LogP contribution in [-0.4, -0.2) is 235 Å². The molecule has 0 aromatic heterocycles. The molecule has 0 aromatic carbocycles. The molecule has 0 fully saturated rings. The molecule has 17 N–H and O–H groups in total. The summed E-state index contributed by atoms with van der Waals surface area (Å²) >= 11 is 0. The van der Waals surface area contributed by atoms with Crippen LogP contribution in [0.5, 0.6) is 0 Å². The van der Waals surface area contributed by atoms with Crippen molar-refractivity contribution < 1.29 is 103 Å². The quantitative estimate of drug-likeness (QED) is 0.0117. The largest absolute Gasteiger partial charge is 0.480 e. The van der Waals surface area contributed by atoms with Gasteiger partial charge in [-0.25, -0.2) is 15.2 Å². The van der Waals surface area contributed by atoms with Crippen LogP contribution in [0, 0.1) is 5.92 Å². The second-order valence-electron chi connectivity index (χ2n) is 19.7. The van der Waals surface area contributed by atoms with Crippen LogP contribution in [0.25, 0.3) is 0 Å². The summed E-state index contributed by atoms with van der Waals surface area (Å²) in [4.78, 5) is 178. The molecule has 0 aliphatic carbocycles. The fourth-order valence-corrected chi connectivity index (χ4v) is 7.40. The molecule has 13 amide bonds. The van der Waals surface area contributed by atoms with Crippen LogP contribution in [-0.2, 0) is 67.1 Å². The summed E-state index contributed by atoms with van der Waals surface area (Å²) in [6, 6.07) is -11.3. The van der Waals surface area contributed by atoms with Crippen molar-refractivity contribution in [1.82, 2.24) is 68.4 Å². The van der Waals surface area contributed by atoms with Crippen LogP contribution in [0.3, 0.4) is 0 Å². The van der Waals surface area contributed by atoms with Crippen molar-refractivity contribution in [3.05, 3.63) is 12.2 Å². The number of unbranched alkanes of at least 4 members (excludes halogenated alkanes) is 4. The number of aliphatic hydroxyl groups is 3. The number of rotatable bonds is 43. The highest BCUT2D eigenvalue weighted by Crippen LogP contribution is 2.08. The Hall–Kier alpha value is -7.92. The van der Waals surface area contributed by atoms with E-state index in [1.165, 1.54) is 13.8 Å². The van der Waals surface area contributed by atoms with E-state index in [1.54, 1.807) is 6.08 Å². The lowest BCUT2D eigenvalue weighted by molar-refractivity contribution is -0.163. The van der Waals surface area contributed by atoms with Gasteiger partial charge in [0.15, 0.2) is 0 Å². The van der Waals surface area contributed by atoms with Gasteiger partial charge in [0.2, 0.25) is 76.8 Å². The van der Waals surface area contributed by atoms with Crippen LogP contribution in [0.4, 0.5) is 0 Å². The molecule has 34 heteroatoms. The molecule has 34 nitrogen and oxygen atoms in total. The normalized spacial score (nSPS) is 13.4. The zero-order valence-corrected chi connectivity index (χ0v) is 48.8. The molecule has 0 radical (unpaired) electrons. The van der Waals surface area contributed by atoms with Gasteiger partial charge in [-0.1, -0.05) is 52.2 Å². The number of carboxylic acids is 1. The number of carbonyl (C=O) groups is 14. The highest BCUT2D eigenvalue weighted by Gasteiger charge is 2.34. The van der Waals surface area contributed by atoms with Gasteiger partial charge in [0.25, 0.3) is 0 Å². The Kier molecular flexibility index (Phi) is 38.8. The summed E-state index contributed by atoms with van der Waals surface area (Å²) in [6.07, 6.45) is 6.96. The maximum Gasteiger partial charge on any atom is 0.322 e. The van der Waals surface area contributed by atoms with E-state index in [-0.39, 0.29) is 56.7 Å². The van der Waals surface area contributed by atoms with E-state index in [2.05, 4.69) is 60.1 Å². The van der Waals surface area contributed by atoms with Gasteiger partial charge in [-0.05, 0) is 57.3 Å². The number of carbonyl (C=O) groups excluding carboxylic acids is 13. The summed E-state index contributed by atoms with van der Waals surface area (Å²) in [5.41, 5.74) is 0. The molecule has 482 valence electrons. The van der Waals surface area contributed by atoms with Gasteiger partial charge >= 0.3 is 5.97 Å². The molecule has 85 heavy (non-hydrogen) atoms. The Bertz CT molecular complexity index is 2270. The number of allylic oxidation sites excluding steroid dienone is 1. The van der Waals surface area contributed by atoms with Gasteiger partial charge < -0.3 is 73.6 Å². The Balaban J connectivity index is 6.13. The van der Waals surface area contributed by atoms with Crippen molar-refractivity contribution in [3.63, 3.8) is 0 Å². The van der Waals surface area contributed by atoms with Crippen LogP contribution in [0.1, 0.15) is 119 Å². The van der Waals surface area contributed by atoms with Crippen molar-refractivity contribution >= 4 is 82.8 Å². The summed E-state index contributed by atoms with van der Waals surface area (Å²) in [7, 11) is 0. The van der Waals surface area contributed by atoms with Gasteiger partial charge in [0.1, 0.15) is 48.8 Å². The summed E-state index contributed by atoms with van der Waals surface area (Å²) in [5, 5.41) is 92.2. The van der Waals surface area contributed by atoms with Gasteiger partial charge in [-0.15, -0.1) is 0 Å². The lowest BCUT2D eigenvalue weighted by atomic mass is 10.0. The Morgan fingerprint density at radius 3 is 1.19 bits per heavy atom. The fourth-order valence-electron chi connectivity index (χ4n) is 7.40. The topological polar surface area (TPSA) is 511 Å². The average molecular weight is 1220 g/mol. The molecule has 0 heterocycles. The second kappa shape index (κ2) is 42.8. The first-order valence-corrected chi connectivity index (χ1v) is 27.6. The third kappa shape index (κ3) is 33.2. The Labute approximate surface area is 491 Å². The molecule has 0 aliphatic rings.